The zero-order chi connectivity index (χ0) is 8.81. The number of hydrogen-bond donors (Lipinski definition) is 0. The number of halogens is 2. The second kappa shape index (κ2) is 5.97. The Kier molecular flexibility index (Phi) is 5.23. The Bertz CT molecular complexity index is 154. The molecule has 70 valence electrons. The molecule has 1 fully saturated rings. The van der Waals surface area contributed by atoms with Crippen LogP contribution < -0.4 is 0 Å². The van der Waals surface area contributed by atoms with Gasteiger partial charge < -0.3 is 4.74 Å². The van der Waals surface area contributed by atoms with Crippen molar-refractivity contribution in [1.29, 1.82) is 0 Å². The summed E-state index contributed by atoms with van der Waals surface area (Å²) in [6.07, 6.45) is 1.96. The maximum atomic E-state index is 5.46. The van der Waals surface area contributed by atoms with Crippen molar-refractivity contribution in [2.24, 2.45) is 0 Å². The van der Waals surface area contributed by atoms with Gasteiger partial charge in [-0.15, -0.1) is 0 Å². The summed E-state index contributed by atoms with van der Waals surface area (Å²) >= 11 is 8.93. The number of morpholine rings is 1. The molecule has 0 bridgehead atoms. The van der Waals surface area contributed by atoms with Gasteiger partial charge >= 0.3 is 0 Å². The van der Waals surface area contributed by atoms with Crippen LogP contribution in [0.1, 0.15) is 0 Å². The number of rotatable bonds is 3. The molecule has 0 spiro atoms. The van der Waals surface area contributed by atoms with Gasteiger partial charge in [-0.3, -0.25) is 4.90 Å². The van der Waals surface area contributed by atoms with Gasteiger partial charge in [0, 0.05) is 30.0 Å². The van der Waals surface area contributed by atoms with Gasteiger partial charge in [0.2, 0.25) is 0 Å². The lowest BCUT2D eigenvalue weighted by Gasteiger charge is -2.33. The fraction of sp³-hybridized carbons (Fsp3) is 0.750. The summed E-state index contributed by atoms with van der Waals surface area (Å²) in [4.78, 5) is 2.36. The van der Waals surface area contributed by atoms with Crippen LogP contribution in [-0.4, -0.2) is 42.6 Å². The zero-order valence-electron chi connectivity index (χ0n) is 6.88. The van der Waals surface area contributed by atoms with Crippen molar-refractivity contribution in [2.45, 2.75) is 6.04 Å². The lowest BCUT2D eigenvalue weighted by atomic mass is 10.2. The van der Waals surface area contributed by atoms with Gasteiger partial charge in [-0.2, -0.15) is 0 Å². The molecule has 1 rings (SSSR count). The molecule has 0 aromatic rings. The van der Waals surface area contributed by atoms with Crippen molar-refractivity contribution in [3.8, 4) is 0 Å². The molecule has 0 radical (unpaired) electrons. The van der Waals surface area contributed by atoms with Crippen LogP contribution >= 0.6 is 27.5 Å². The van der Waals surface area contributed by atoms with E-state index in [9.17, 15) is 0 Å². The second-order valence-electron chi connectivity index (χ2n) is 2.74. The van der Waals surface area contributed by atoms with Crippen LogP contribution in [0.25, 0.3) is 0 Å². The number of hydrogen-bond acceptors (Lipinski definition) is 2. The average molecular weight is 255 g/mol. The summed E-state index contributed by atoms with van der Waals surface area (Å²) in [7, 11) is 0. The van der Waals surface area contributed by atoms with Crippen LogP contribution in [0.3, 0.4) is 0 Å². The third-order valence-electron chi connectivity index (χ3n) is 1.96. The van der Waals surface area contributed by atoms with E-state index >= 15 is 0 Å². The Morgan fingerprint density at radius 2 is 2.50 bits per heavy atom. The van der Waals surface area contributed by atoms with E-state index in [4.69, 9.17) is 16.3 Å². The smallest absolute Gasteiger partial charge is 0.0630 e. The standard InChI is InChI=1S/C8H13BrClNO/c9-6-8-7-12-5-4-11(8)3-1-2-10/h1-2,8H,3-7H2/b2-1+. The molecule has 1 heterocycles. The SMILES string of the molecule is Cl/C=C/CN1CCOCC1CBr. The maximum Gasteiger partial charge on any atom is 0.0630 e. The third-order valence-corrected chi connectivity index (χ3v) is 2.88. The molecule has 1 aliphatic heterocycles. The summed E-state index contributed by atoms with van der Waals surface area (Å²) < 4.78 is 5.35. The first-order chi connectivity index (χ1) is 5.88. The predicted molar refractivity (Wildman–Crippen MR) is 55.0 cm³/mol. The van der Waals surface area contributed by atoms with Crippen molar-refractivity contribution in [3.63, 3.8) is 0 Å². The topological polar surface area (TPSA) is 12.5 Å². The third kappa shape index (κ3) is 3.05. The van der Waals surface area contributed by atoms with Crippen LogP contribution in [0, 0.1) is 0 Å². The van der Waals surface area contributed by atoms with Crippen LogP contribution in [0.15, 0.2) is 11.6 Å². The highest BCUT2D eigenvalue weighted by Gasteiger charge is 2.20. The van der Waals surface area contributed by atoms with Crippen LogP contribution in [0.2, 0.25) is 0 Å². The highest BCUT2D eigenvalue weighted by Crippen LogP contribution is 2.09. The minimum absolute atomic E-state index is 0.492. The predicted octanol–water partition coefficient (Wildman–Crippen LogP) is 1.83. The molecule has 0 amide bonds. The molecule has 0 aliphatic carbocycles. The van der Waals surface area contributed by atoms with E-state index in [0.29, 0.717) is 6.04 Å². The van der Waals surface area contributed by atoms with E-state index in [1.165, 1.54) is 0 Å². The lowest BCUT2D eigenvalue weighted by molar-refractivity contribution is 0.00780. The molecule has 0 aromatic carbocycles. The van der Waals surface area contributed by atoms with E-state index in [2.05, 4.69) is 20.8 Å². The van der Waals surface area contributed by atoms with Gasteiger partial charge in [-0.25, -0.2) is 0 Å². The normalized spacial score (nSPS) is 26.7. The van der Waals surface area contributed by atoms with E-state index in [0.717, 1.165) is 31.6 Å². The van der Waals surface area contributed by atoms with E-state index in [1.807, 2.05) is 6.08 Å². The van der Waals surface area contributed by atoms with E-state index in [1.54, 1.807) is 5.54 Å². The molecule has 0 saturated carbocycles. The Morgan fingerprint density at radius 1 is 1.67 bits per heavy atom. The van der Waals surface area contributed by atoms with Gasteiger partial charge in [0.25, 0.3) is 0 Å². The van der Waals surface area contributed by atoms with Gasteiger partial charge in [0.05, 0.1) is 13.2 Å². The Morgan fingerprint density at radius 3 is 3.17 bits per heavy atom. The first-order valence-corrected chi connectivity index (χ1v) is 5.57. The minimum Gasteiger partial charge on any atom is -0.378 e. The van der Waals surface area contributed by atoms with Crippen LogP contribution in [-0.2, 0) is 4.74 Å². The largest absolute Gasteiger partial charge is 0.378 e. The fourth-order valence-corrected chi connectivity index (χ4v) is 1.92. The number of ether oxygens (including phenoxy) is 1. The molecule has 2 nitrogen and oxygen atoms in total. The van der Waals surface area contributed by atoms with Gasteiger partial charge in [-0.1, -0.05) is 33.6 Å². The molecular weight excluding hydrogens is 241 g/mol. The molecular formula is C8H13BrClNO. The number of nitrogens with zero attached hydrogens (tertiary/aromatic N) is 1. The average Bonchev–Trinajstić information content (AvgIpc) is 2.15. The molecule has 0 N–H and O–H groups in total. The van der Waals surface area contributed by atoms with E-state index < -0.39 is 0 Å². The Balaban J connectivity index is 2.36. The van der Waals surface area contributed by atoms with E-state index in [-0.39, 0.29) is 0 Å². The van der Waals surface area contributed by atoms with Crippen molar-refractivity contribution >= 4 is 27.5 Å². The van der Waals surface area contributed by atoms with Crippen molar-refractivity contribution in [1.82, 2.24) is 4.90 Å². The quantitative estimate of drug-likeness (QED) is 0.713. The first-order valence-electron chi connectivity index (χ1n) is 4.01. The highest BCUT2D eigenvalue weighted by atomic mass is 79.9. The van der Waals surface area contributed by atoms with Crippen molar-refractivity contribution in [2.75, 3.05) is 31.6 Å². The van der Waals surface area contributed by atoms with Gasteiger partial charge in [0.1, 0.15) is 0 Å². The molecule has 0 aromatic heterocycles. The lowest BCUT2D eigenvalue weighted by Crippen LogP contribution is -2.46. The summed E-state index contributed by atoms with van der Waals surface area (Å²) in [6.45, 7) is 3.57. The molecule has 1 aliphatic rings. The Hall–Kier alpha value is 0.430. The van der Waals surface area contributed by atoms with Crippen LogP contribution in [0.4, 0.5) is 0 Å². The second-order valence-corrected chi connectivity index (χ2v) is 3.64. The molecule has 4 heteroatoms. The van der Waals surface area contributed by atoms with Crippen molar-refractivity contribution < 1.29 is 4.74 Å². The molecule has 1 saturated heterocycles. The fourth-order valence-electron chi connectivity index (χ4n) is 1.25. The summed E-state index contributed by atoms with van der Waals surface area (Å²) in [5.41, 5.74) is 1.57. The summed E-state index contributed by atoms with van der Waals surface area (Å²) in [5, 5.41) is 0.961. The molecule has 1 atom stereocenters. The van der Waals surface area contributed by atoms with Gasteiger partial charge in [-0.05, 0) is 0 Å². The monoisotopic (exact) mass is 253 g/mol. The van der Waals surface area contributed by atoms with Gasteiger partial charge in [0.15, 0.2) is 0 Å². The minimum atomic E-state index is 0.492. The zero-order valence-corrected chi connectivity index (χ0v) is 9.22. The first kappa shape index (κ1) is 10.5. The summed E-state index contributed by atoms with van der Waals surface area (Å²) in [6, 6.07) is 0.492. The maximum absolute atomic E-state index is 5.46. The number of alkyl halides is 1. The summed E-state index contributed by atoms with van der Waals surface area (Å²) in [5.74, 6) is 0. The molecule has 12 heavy (non-hydrogen) atoms. The Labute approximate surface area is 86.6 Å². The molecule has 1 unspecified atom stereocenters. The van der Waals surface area contributed by atoms with Crippen molar-refractivity contribution in [3.05, 3.63) is 11.6 Å². The highest BCUT2D eigenvalue weighted by molar-refractivity contribution is 9.09. The van der Waals surface area contributed by atoms with Crippen LogP contribution in [0.5, 0.6) is 0 Å².